The standard InChI is InChI=1S/C20H26O4/c1-5-12-11(2)6-7-14-13(12)10-15(21)20(23)18(14,3)9-8-16-19(20,4)17(22)24-16/h5,12-14,16,23H,1-2,6-10H2,3-4H3. The molecule has 0 aromatic heterocycles. The molecule has 0 spiro atoms. The minimum atomic E-state index is -1.62. The quantitative estimate of drug-likeness (QED) is 0.593. The van der Waals surface area contributed by atoms with Crippen molar-refractivity contribution in [2.75, 3.05) is 0 Å². The molecule has 0 aromatic carbocycles. The number of hydrogen-bond donors (Lipinski definition) is 1. The summed E-state index contributed by atoms with van der Waals surface area (Å²) in [6, 6.07) is 0. The van der Waals surface area contributed by atoms with E-state index in [-0.39, 0.29) is 29.6 Å². The first-order valence-corrected chi connectivity index (χ1v) is 8.98. The van der Waals surface area contributed by atoms with Crippen LogP contribution in [0.3, 0.4) is 0 Å². The summed E-state index contributed by atoms with van der Waals surface area (Å²) in [4.78, 5) is 25.5. The third kappa shape index (κ3) is 1.46. The van der Waals surface area contributed by atoms with Crippen molar-refractivity contribution in [2.24, 2.45) is 28.6 Å². The zero-order chi connectivity index (χ0) is 17.5. The Kier molecular flexibility index (Phi) is 3.08. The maximum Gasteiger partial charge on any atom is 0.319 e. The molecule has 3 aliphatic carbocycles. The van der Waals surface area contributed by atoms with Gasteiger partial charge in [0.05, 0.1) is 0 Å². The number of aliphatic hydroxyl groups is 1. The highest BCUT2D eigenvalue weighted by atomic mass is 16.6. The van der Waals surface area contributed by atoms with Crippen LogP contribution in [0.2, 0.25) is 0 Å². The van der Waals surface area contributed by atoms with Crippen LogP contribution in [0.5, 0.6) is 0 Å². The van der Waals surface area contributed by atoms with Gasteiger partial charge in [-0.3, -0.25) is 9.59 Å². The summed E-state index contributed by atoms with van der Waals surface area (Å²) in [7, 11) is 0. The molecule has 1 N–H and O–H groups in total. The van der Waals surface area contributed by atoms with Gasteiger partial charge in [-0.15, -0.1) is 6.58 Å². The molecule has 7 unspecified atom stereocenters. The first-order valence-electron chi connectivity index (χ1n) is 8.98. The third-order valence-electron chi connectivity index (χ3n) is 7.94. The van der Waals surface area contributed by atoms with Gasteiger partial charge in [0.2, 0.25) is 0 Å². The molecule has 4 nitrogen and oxygen atoms in total. The molecule has 130 valence electrons. The lowest BCUT2D eigenvalue weighted by molar-refractivity contribution is -0.296. The lowest BCUT2D eigenvalue weighted by Gasteiger charge is -2.68. The highest BCUT2D eigenvalue weighted by molar-refractivity contribution is 5.99. The van der Waals surface area contributed by atoms with E-state index < -0.39 is 22.4 Å². The number of carbonyl (C=O) groups is 2. The predicted octanol–water partition coefficient (Wildman–Crippen LogP) is 2.81. The molecule has 4 heteroatoms. The van der Waals surface area contributed by atoms with Crippen molar-refractivity contribution in [1.29, 1.82) is 0 Å². The van der Waals surface area contributed by atoms with Crippen LogP contribution < -0.4 is 0 Å². The Hall–Kier alpha value is -1.42. The zero-order valence-electron chi connectivity index (χ0n) is 14.5. The van der Waals surface area contributed by atoms with Gasteiger partial charge < -0.3 is 9.84 Å². The van der Waals surface area contributed by atoms with E-state index in [1.54, 1.807) is 6.92 Å². The maximum atomic E-state index is 13.2. The number of esters is 1. The Balaban J connectivity index is 1.84. The number of allylic oxidation sites excluding steroid dienone is 2. The number of ketones is 1. The van der Waals surface area contributed by atoms with E-state index in [4.69, 9.17) is 4.74 Å². The van der Waals surface area contributed by atoms with E-state index in [1.807, 2.05) is 13.0 Å². The molecule has 24 heavy (non-hydrogen) atoms. The van der Waals surface area contributed by atoms with E-state index in [2.05, 4.69) is 13.2 Å². The van der Waals surface area contributed by atoms with Gasteiger partial charge in [-0.1, -0.05) is 25.2 Å². The normalized spacial score (nSPS) is 53.2. The second-order valence-electron chi connectivity index (χ2n) is 8.62. The van der Waals surface area contributed by atoms with E-state index in [1.165, 1.54) is 0 Å². The van der Waals surface area contributed by atoms with Crippen molar-refractivity contribution in [3.05, 3.63) is 24.8 Å². The Labute approximate surface area is 143 Å². The summed E-state index contributed by atoms with van der Waals surface area (Å²) in [6.07, 6.45) is 5.10. The van der Waals surface area contributed by atoms with Crippen molar-refractivity contribution in [3.8, 4) is 0 Å². The molecule has 4 fully saturated rings. The molecule has 0 bridgehead atoms. The Bertz CT molecular complexity index is 667. The molecular weight excluding hydrogens is 304 g/mol. The van der Waals surface area contributed by atoms with Crippen LogP contribution in [0.1, 0.15) is 46.0 Å². The summed E-state index contributed by atoms with van der Waals surface area (Å²) in [5.41, 5.74) is -2.18. The van der Waals surface area contributed by atoms with Gasteiger partial charge in [0.15, 0.2) is 5.78 Å². The molecule has 1 saturated heterocycles. The summed E-state index contributed by atoms with van der Waals surface area (Å²) in [5, 5.41) is 11.7. The monoisotopic (exact) mass is 330 g/mol. The molecule has 4 aliphatic rings. The number of Topliss-reactive ketones (excluding diaryl/α,β-unsaturated/α-hetero) is 1. The molecule has 7 atom stereocenters. The molecule has 0 radical (unpaired) electrons. The van der Waals surface area contributed by atoms with Gasteiger partial charge >= 0.3 is 5.97 Å². The van der Waals surface area contributed by atoms with Gasteiger partial charge in [-0.25, -0.2) is 0 Å². The topological polar surface area (TPSA) is 63.6 Å². The summed E-state index contributed by atoms with van der Waals surface area (Å²) >= 11 is 0. The highest BCUT2D eigenvalue weighted by Crippen LogP contribution is 2.68. The first-order chi connectivity index (χ1) is 11.2. The van der Waals surface area contributed by atoms with Crippen molar-refractivity contribution >= 4 is 11.8 Å². The summed E-state index contributed by atoms with van der Waals surface area (Å²) in [6.45, 7) is 11.9. The average Bonchev–Trinajstić information content (AvgIpc) is 2.54. The fraction of sp³-hybridized carbons (Fsp3) is 0.700. The average molecular weight is 330 g/mol. The van der Waals surface area contributed by atoms with Crippen LogP contribution in [-0.4, -0.2) is 28.6 Å². The van der Waals surface area contributed by atoms with E-state index >= 15 is 0 Å². The summed E-state index contributed by atoms with van der Waals surface area (Å²) < 4.78 is 5.27. The van der Waals surface area contributed by atoms with Gasteiger partial charge in [0.1, 0.15) is 17.1 Å². The van der Waals surface area contributed by atoms with Crippen LogP contribution in [0, 0.1) is 28.6 Å². The van der Waals surface area contributed by atoms with Gasteiger partial charge in [-0.05, 0) is 44.4 Å². The first kappa shape index (κ1) is 16.1. The van der Waals surface area contributed by atoms with Crippen LogP contribution in [-0.2, 0) is 14.3 Å². The van der Waals surface area contributed by atoms with E-state index in [0.717, 1.165) is 24.8 Å². The molecule has 1 heterocycles. The van der Waals surface area contributed by atoms with Crippen molar-refractivity contribution in [2.45, 2.75) is 57.7 Å². The van der Waals surface area contributed by atoms with E-state index in [9.17, 15) is 14.7 Å². The van der Waals surface area contributed by atoms with Crippen molar-refractivity contribution < 1.29 is 19.4 Å². The molecule has 4 rings (SSSR count). The SMILES string of the molecule is C=CC1C(=C)CCC2C1CC(=O)C1(O)C2(C)CCC2OC(=O)C21C. The smallest absolute Gasteiger partial charge is 0.319 e. The Morgan fingerprint density at radius 3 is 2.62 bits per heavy atom. The van der Waals surface area contributed by atoms with Gasteiger partial charge in [0.25, 0.3) is 0 Å². The molecule has 0 amide bonds. The minimum Gasteiger partial charge on any atom is -0.460 e. The van der Waals surface area contributed by atoms with Crippen LogP contribution in [0.15, 0.2) is 24.8 Å². The number of carbonyl (C=O) groups excluding carboxylic acids is 2. The second kappa shape index (κ2) is 4.60. The fourth-order valence-electron chi connectivity index (χ4n) is 6.48. The lowest BCUT2D eigenvalue weighted by atomic mass is 9.39. The van der Waals surface area contributed by atoms with Gasteiger partial charge in [-0.2, -0.15) is 0 Å². The number of fused-ring (bicyclic) bond motifs is 5. The van der Waals surface area contributed by atoms with Gasteiger partial charge in [0, 0.05) is 17.8 Å². The largest absolute Gasteiger partial charge is 0.460 e. The molecule has 1 aliphatic heterocycles. The van der Waals surface area contributed by atoms with Crippen LogP contribution in [0.4, 0.5) is 0 Å². The maximum absolute atomic E-state index is 13.2. The number of ether oxygens (including phenoxy) is 1. The van der Waals surface area contributed by atoms with Crippen LogP contribution in [0.25, 0.3) is 0 Å². The lowest BCUT2D eigenvalue weighted by Crippen LogP contribution is -2.80. The predicted molar refractivity (Wildman–Crippen MR) is 88.9 cm³/mol. The van der Waals surface area contributed by atoms with Crippen molar-refractivity contribution in [1.82, 2.24) is 0 Å². The minimum absolute atomic E-state index is 0.118. The third-order valence-corrected chi connectivity index (χ3v) is 7.94. The van der Waals surface area contributed by atoms with E-state index in [0.29, 0.717) is 12.8 Å². The van der Waals surface area contributed by atoms with Crippen molar-refractivity contribution in [3.63, 3.8) is 0 Å². The molecular formula is C20H26O4. The number of hydrogen-bond acceptors (Lipinski definition) is 4. The molecule has 3 saturated carbocycles. The zero-order valence-corrected chi connectivity index (χ0v) is 14.5. The molecule has 0 aromatic rings. The summed E-state index contributed by atoms with van der Waals surface area (Å²) in [5.74, 6) is -0.171. The Morgan fingerprint density at radius 2 is 2.00 bits per heavy atom. The highest BCUT2D eigenvalue weighted by Gasteiger charge is 2.79. The Morgan fingerprint density at radius 1 is 1.29 bits per heavy atom. The fourth-order valence-corrected chi connectivity index (χ4v) is 6.48. The van der Waals surface area contributed by atoms with Crippen LogP contribution >= 0.6 is 0 Å². The second-order valence-corrected chi connectivity index (χ2v) is 8.62. The number of rotatable bonds is 1.